The van der Waals surface area contributed by atoms with E-state index in [0.717, 1.165) is 36.2 Å². The largest absolute Gasteiger partial charge is 0.456 e. The molecule has 1 aromatic carbocycles. The molecule has 2 heterocycles. The van der Waals surface area contributed by atoms with E-state index in [1.165, 1.54) is 17.0 Å². The number of carbonyl (C=O) groups excluding carboxylic acids is 3. The maximum Gasteiger partial charge on any atom is 0.326 e. The molecule has 1 aliphatic heterocycles. The van der Waals surface area contributed by atoms with Crippen LogP contribution in [-0.4, -0.2) is 46.8 Å². The van der Waals surface area contributed by atoms with Crippen molar-refractivity contribution in [1.29, 1.82) is 0 Å². The number of ketones is 1. The van der Waals surface area contributed by atoms with Crippen LogP contribution in [0.5, 0.6) is 0 Å². The number of benzene rings is 1. The smallest absolute Gasteiger partial charge is 0.326 e. The highest BCUT2D eigenvalue weighted by Gasteiger charge is 2.22. The second kappa shape index (κ2) is 9.69. The van der Waals surface area contributed by atoms with Crippen molar-refractivity contribution in [3.63, 3.8) is 0 Å². The molecular formula is C23H27FN2O4. The fourth-order valence-electron chi connectivity index (χ4n) is 3.73. The normalized spacial score (nSPS) is 14.5. The summed E-state index contributed by atoms with van der Waals surface area (Å²) in [5.74, 6) is -1.19. The first-order valence-electron chi connectivity index (χ1n) is 10.2. The fraction of sp³-hybridized carbons (Fsp3) is 0.435. The van der Waals surface area contributed by atoms with Crippen molar-refractivity contribution in [2.24, 2.45) is 0 Å². The average Bonchev–Trinajstić information content (AvgIpc) is 2.87. The van der Waals surface area contributed by atoms with E-state index in [0.29, 0.717) is 25.1 Å². The van der Waals surface area contributed by atoms with Crippen molar-refractivity contribution < 1.29 is 23.5 Å². The number of ether oxygens (including phenoxy) is 1. The third kappa shape index (κ3) is 5.34. The highest BCUT2D eigenvalue weighted by atomic mass is 19.1. The monoisotopic (exact) mass is 414 g/mol. The quantitative estimate of drug-likeness (QED) is 0.514. The lowest BCUT2D eigenvalue weighted by atomic mass is 10.1. The molecular weight excluding hydrogens is 387 g/mol. The maximum atomic E-state index is 13.1. The van der Waals surface area contributed by atoms with Gasteiger partial charge in [-0.05, 0) is 50.5 Å². The Labute approximate surface area is 175 Å². The molecule has 3 rings (SSSR count). The van der Waals surface area contributed by atoms with Gasteiger partial charge in [-0.15, -0.1) is 0 Å². The van der Waals surface area contributed by atoms with Gasteiger partial charge in [-0.1, -0.05) is 18.6 Å². The molecule has 0 unspecified atom stereocenters. The molecule has 0 aliphatic carbocycles. The Hall–Kier alpha value is -2.96. The number of amides is 1. The Bertz CT molecular complexity index is 933. The summed E-state index contributed by atoms with van der Waals surface area (Å²) in [4.78, 5) is 38.2. The number of hydrogen-bond donors (Lipinski definition) is 0. The molecule has 0 radical (unpaired) electrons. The topological polar surface area (TPSA) is 68.6 Å². The Morgan fingerprint density at radius 3 is 2.57 bits per heavy atom. The third-order valence-corrected chi connectivity index (χ3v) is 5.48. The SMILES string of the molecule is Cc1cc(C(=O)COC(=O)CN2CCCCCC2=O)c(C)n1Cc1ccc(F)cc1. The van der Waals surface area contributed by atoms with Gasteiger partial charge in [0.2, 0.25) is 11.7 Å². The molecule has 1 fully saturated rings. The molecule has 2 aromatic rings. The first kappa shape index (κ1) is 21.7. The van der Waals surface area contributed by atoms with Gasteiger partial charge in [0.05, 0.1) is 0 Å². The molecule has 1 saturated heterocycles. The Kier molecular flexibility index (Phi) is 7.03. The fourth-order valence-corrected chi connectivity index (χ4v) is 3.73. The zero-order chi connectivity index (χ0) is 21.7. The molecule has 0 spiro atoms. The van der Waals surface area contributed by atoms with E-state index in [1.807, 2.05) is 18.4 Å². The van der Waals surface area contributed by atoms with Gasteiger partial charge < -0.3 is 14.2 Å². The zero-order valence-electron chi connectivity index (χ0n) is 17.4. The van der Waals surface area contributed by atoms with Crippen molar-refractivity contribution in [2.45, 2.75) is 46.1 Å². The lowest BCUT2D eigenvalue weighted by molar-refractivity contribution is -0.148. The van der Waals surface area contributed by atoms with Gasteiger partial charge in [-0.25, -0.2) is 4.39 Å². The van der Waals surface area contributed by atoms with Crippen molar-refractivity contribution in [3.05, 3.63) is 58.7 Å². The predicted octanol–water partition coefficient (Wildman–Crippen LogP) is 3.42. The molecule has 1 aliphatic rings. The summed E-state index contributed by atoms with van der Waals surface area (Å²) >= 11 is 0. The lowest BCUT2D eigenvalue weighted by Crippen LogP contribution is -2.36. The maximum absolute atomic E-state index is 13.1. The highest BCUT2D eigenvalue weighted by Crippen LogP contribution is 2.18. The summed E-state index contributed by atoms with van der Waals surface area (Å²) in [7, 11) is 0. The zero-order valence-corrected chi connectivity index (χ0v) is 17.4. The second-order valence-electron chi connectivity index (χ2n) is 7.71. The van der Waals surface area contributed by atoms with E-state index < -0.39 is 5.97 Å². The number of aromatic nitrogens is 1. The third-order valence-electron chi connectivity index (χ3n) is 5.48. The van der Waals surface area contributed by atoms with E-state index in [-0.39, 0.29) is 30.7 Å². The summed E-state index contributed by atoms with van der Waals surface area (Å²) in [6, 6.07) is 8.00. The van der Waals surface area contributed by atoms with Crippen LogP contribution in [0.4, 0.5) is 4.39 Å². The first-order valence-corrected chi connectivity index (χ1v) is 10.2. The summed E-state index contributed by atoms with van der Waals surface area (Å²) < 4.78 is 20.2. The summed E-state index contributed by atoms with van der Waals surface area (Å²) in [6.07, 6.45) is 3.14. The number of esters is 1. The van der Waals surface area contributed by atoms with Gasteiger partial charge in [0.15, 0.2) is 6.61 Å². The van der Waals surface area contributed by atoms with Crippen molar-refractivity contribution in [1.82, 2.24) is 9.47 Å². The van der Waals surface area contributed by atoms with E-state index in [9.17, 15) is 18.8 Å². The van der Waals surface area contributed by atoms with E-state index in [2.05, 4.69) is 0 Å². The Balaban J connectivity index is 1.59. The standard InChI is InChI=1S/C23H27FN2O4/c1-16-12-20(17(2)26(16)13-18-7-9-19(24)10-8-18)21(27)15-30-23(29)14-25-11-5-3-4-6-22(25)28/h7-10,12H,3-6,11,13-15H2,1-2H3. The van der Waals surface area contributed by atoms with Crippen molar-refractivity contribution in [2.75, 3.05) is 19.7 Å². The summed E-state index contributed by atoms with van der Waals surface area (Å²) in [5.41, 5.74) is 3.07. The van der Waals surface area contributed by atoms with Crippen LogP contribution in [0.25, 0.3) is 0 Å². The number of Topliss-reactive ketones (excluding diaryl/α,β-unsaturated/α-hetero) is 1. The molecule has 7 heteroatoms. The molecule has 160 valence electrons. The van der Waals surface area contributed by atoms with Gasteiger partial charge in [0.25, 0.3) is 0 Å². The number of halogens is 1. The molecule has 1 amide bonds. The minimum Gasteiger partial charge on any atom is -0.456 e. The first-order chi connectivity index (χ1) is 14.3. The second-order valence-corrected chi connectivity index (χ2v) is 7.71. The van der Waals surface area contributed by atoms with Crippen LogP contribution in [0.3, 0.4) is 0 Å². The Morgan fingerprint density at radius 2 is 1.83 bits per heavy atom. The molecule has 1 aromatic heterocycles. The number of nitrogens with zero attached hydrogens (tertiary/aromatic N) is 2. The molecule has 0 bridgehead atoms. The van der Waals surface area contributed by atoms with E-state index >= 15 is 0 Å². The number of carbonyl (C=O) groups is 3. The van der Waals surface area contributed by atoms with Crippen molar-refractivity contribution >= 4 is 17.7 Å². The number of likely N-dealkylation sites (tertiary alicyclic amines) is 1. The van der Waals surface area contributed by atoms with Crippen LogP contribution >= 0.6 is 0 Å². The minimum atomic E-state index is -0.571. The van der Waals surface area contributed by atoms with Crippen LogP contribution in [0.2, 0.25) is 0 Å². The number of rotatable bonds is 7. The van der Waals surface area contributed by atoms with Gasteiger partial charge in [-0.2, -0.15) is 0 Å². The predicted molar refractivity (Wildman–Crippen MR) is 110 cm³/mol. The number of aryl methyl sites for hydroxylation is 1. The number of hydrogen-bond acceptors (Lipinski definition) is 4. The molecule has 6 nitrogen and oxygen atoms in total. The van der Waals surface area contributed by atoms with Crippen LogP contribution in [0.1, 0.15) is 53.0 Å². The van der Waals surface area contributed by atoms with Crippen LogP contribution in [0, 0.1) is 19.7 Å². The van der Waals surface area contributed by atoms with Gasteiger partial charge >= 0.3 is 5.97 Å². The van der Waals surface area contributed by atoms with Gasteiger partial charge in [0.1, 0.15) is 12.4 Å². The lowest BCUT2D eigenvalue weighted by Gasteiger charge is -2.19. The average molecular weight is 414 g/mol. The minimum absolute atomic E-state index is 0.0416. The molecule has 0 N–H and O–H groups in total. The molecule has 0 atom stereocenters. The van der Waals surface area contributed by atoms with Crippen LogP contribution < -0.4 is 0 Å². The summed E-state index contributed by atoms with van der Waals surface area (Å²) in [5, 5.41) is 0. The molecule has 0 saturated carbocycles. The van der Waals surface area contributed by atoms with Crippen molar-refractivity contribution in [3.8, 4) is 0 Å². The van der Waals surface area contributed by atoms with E-state index in [4.69, 9.17) is 4.74 Å². The van der Waals surface area contributed by atoms with E-state index in [1.54, 1.807) is 18.2 Å². The summed E-state index contributed by atoms with van der Waals surface area (Å²) in [6.45, 7) is 4.32. The van der Waals surface area contributed by atoms with Crippen LogP contribution in [-0.2, 0) is 20.9 Å². The highest BCUT2D eigenvalue weighted by molar-refractivity contribution is 5.99. The van der Waals surface area contributed by atoms with Crippen LogP contribution in [0.15, 0.2) is 30.3 Å². The van der Waals surface area contributed by atoms with Gasteiger partial charge in [0, 0.05) is 36.5 Å². The van der Waals surface area contributed by atoms with Gasteiger partial charge in [-0.3, -0.25) is 14.4 Å². The Morgan fingerprint density at radius 1 is 1.10 bits per heavy atom. The molecule has 30 heavy (non-hydrogen) atoms.